The molecule has 12 heavy (non-hydrogen) atoms. The first-order chi connectivity index (χ1) is 5.59. The number of hydrogen-bond donors (Lipinski definition) is 1. The molecule has 0 aliphatic heterocycles. The normalized spacial score (nSPS) is 10.3. The van der Waals surface area contributed by atoms with Gasteiger partial charge in [-0.25, -0.2) is 4.98 Å². The SMILES string of the molecule is [CH2]c1nc(C(=O)NC(C)C)co1. The summed E-state index contributed by atoms with van der Waals surface area (Å²) < 4.78 is 4.78. The van der Waals surface area contributed by atoms with Crippen LogP contribution in [-0.2, 0) is 0 Å². The maximum Gasteiger partial charge on any atom is 0.273 e. The van der Waals surface area contributed by atoms with Gasteiger partial charge in [0.1, 0.15) is 6.26 Å². The van der Waals surface area contributed by atoms with Gasteiger partial charge in [0.05, 0.1) is 0 Å². The summed E-state index contributed by atoms with van der Waals surface area (Å²) in [5, 5.41) is 2.68. The van der Waals surface area contributed by atoms with Crippen molar-refractivity contribution in [3.05, 3.63) is 24.8 Å². The molecular weight excluding hydrogens is 156 g/mol. The molecule has 0 aliphatic carbocycles. The molecule has 0 fully saturated rings. The molecule has 65 valence electrons. The van der Waals surface area contributed by atoms with Gasteiger partial charge in [0.15, 0.2) is 11.6 Å². The number of carbonyl (C=O) groups excluding carboxylic acids is 1. The molecule has 1 rings (SSSR count). The zero-order valence-electron chi connectivity index (χ0n) is 7.13. The van der Waals surface area contributed by atoms with Crippen LogP contribution in [0.3, 0.4) is 0 Å². The standard InChI is InChI=1S/C8H11N2O2/c1-5(2)9-8(11)7-4-12-6(3)10-7/h4-5H,3H2,1-2H3,(H,9,11). The summed E-state index contributed by atoms with van der Waals surface area (Å²) in [5.74, 6) is 0.0209. The topological polar surface area (TPSA) is 55.1 Å². The first-order valence-electron chi connectivity index (χ1n) is 3.68. The first kappa shape index (κ1) is 8.77. The van der Waals surface area contributed by atoms with Crippen molar-refractivity contribution in [3.8, 4) is 0 Å². The molecule has 0 aromatic carbocycles. The van der Waals surface area contributed by atoms with Gasteiger partial charge >= 0.3 is 0 Å². The van der Waals surface area contributed by atoms with E-state index >= 15 is 0 Å². The van der Waals surface area contributed by atoms with E-state index in [-0.39, 0.29) is 23.5 Å². The van der Waals surface area contributed by atoms with Crippen molar-refractivity contribution in [1.82, 2.24) is 10.3 Å². The average Bonchev–Trinajstić information content (AvgIpc) is 2.34. The van der Waals surface area contributed by atoms with E-state index in [4.69, 9.17) is 4.42 Å². The predicted octanol–water partition coefficient (Wildman–Crippen LogP) is 0.995. The Hall–Kier alpha value is -1.32. The lowest BCUT2D eigenvalue weighted by Gasteiger charge is -2.04. The second-order valence-corrected chi connectivity index (χ2v) is 2.75. The number of nitrogens with one attached hydrogen (secondary N) is 1. The molecule has 1 aromatic rings. The molecule has 4 heteroatoms. The van der Waals surface area contributed by atoms with Gasteiger partial charge in [-0.2, -0.15) is 0 Å². The zero-order valence-corrected chi connectivity index (χ0v) is 7.13. The monoisotopic (exact) mass is 167 g/mol. The summed E-state index contributed by atoms with van der Waals surface area (Å²) in [5.41, 5.74) is 0.272. The van der Waals surface area contributed by atoms with Crippen molar-refractivity contribution in [1.29, 1.82) is 0 Å². The van der Waals surface area contributed by atoms with Crippen LogP contribution in [0, 0.1) is 6.92 Å². The predicted molar refractivity (Wildman–Crippen MR) is 43.6 cm³/mol. The van der Waals surface area contributed by atoms with Gasteiger partial charge in [0.2, 0.25) is 0 Å². The van der Waals surface area contributed by atoms with Crippen LogP contribution in [0.5, 0.6) is 0 Å². The van der Waals surface area contributed by atoms with E-state index in [1.807, 2.05) is 13.8 Å². The van der Waals surface area contributed by atoms with E-state index in [9.17, 15) is 4.79 Å². The van der Waals surface area contributed by atoms with Crippen molar-refractivity contribution < 1.29 is 9.21 Å². The molecule has 0 bridgehead atoms. The molecule has 1 radical (unpaired) electrons. The molecule has 1 aromatic heterocycles. The second kappa shape index (κ2) is 3.38. The maximum atomic E-state index is 11.2. The van der Waals surface area contributed by atoms with Gasteiger partial charge in [-0.15, -0.1) is 0 Å². The van der Waals surface area contributed by atoms with E-state index in [2.05, 4.69) is 17.2 Å². The highest BCUT2D eigenvalue weighted by molar-refractivity contribution is 5.92. The van der Waals surface area contributed by atoms with Crippen LogP contribution in [0.1, 0.15) is 30.2 Å². The Balaban J connectivity index is 2.65. The minimum Gasteiger partial charge on any atom is -0.448 e. The summed E-state index contributed by atoms with van der Waals surface area (Å²) in [4.78, 5) is 15.0. The zero-order chi connectivity index (χ0) is 9.14. The fraction of sp³-hybridized carbons (Fsp3) is 0.375. The van der Waals surface area contributed by atoms with Crippen LogP contribution in [0.25, 0.3) is 0 Å². The third-order valence-corrected chi connectivity index (χ3v) is 1.20. The number of nitrogens with zero attached hydrogens (tertiary/aromatic N) is 1. The number of rotatable bonds is 2. The highest BCUT2D eigenvalue weighted by atomic mass is 16.3. The third kappa shape index (κ3) is 2.08. The van der Waals surface area contributed by atoms with Crippen molar-refractivity contribution in [2.45, 2.75) is 19.9 Å². The van der Waals surface area contributed by atoms with Crippen LogP contribution in [0.4, 0.5) is 0 Å². The van der Waals surface area contributed by atoms with Crippen LogP contribution in [0.2, 0.25) is 0 Å². The maximum absolute atomic E-state index is 11.2. The summed E-state index contributed by atoms with van der Waals surface area (Å²) in [6, 6.07) is 0.0995. The number of aromatic nitrogens is 1. The van der Waals surface area contributed by atoms with Crippen LogP contribution in [0.15, 0.2) is 10.7 Å². The molecule has 1 amide bonds. The second-order valence-electron chi connectivity index (χ2n) is 2.75. The van der Waals surface area contributed by atoms with Crippen molar-refractivity contribution >= 4 is 5.91 Å². The van der Waals surface area contributed by atoms with E-state index < -0.39 is 0 Å². The largest absolute Gasteiger partial charge is 0.448 e. The fourth-order valence-electron chi connectivity index (χ4n) is 0.751. The highest BCUT2D eigenvalue weighted by Gasteiger charge is 2.10. The van der Waals surface area contributed by atoms with E-state index in [1.54, 1.807) is 0 Å². The Morgan fingerprint density at radius 1 is 1.75 bits per heavy atom. The summed E-state index contributed by atoms with van der Waals surface area (Å²) >= 11 is 0. The van der Waals surface area contributed by atoms with E-state index in [1.165, 1.54) is 6.26 Å². The molecule has 0 spiro atoms. The minimum absolute atomic E-state index is 0.0995. The van der Waals surface area contributed by atoms with Crippen molar-refractivity contribution in [2.75, 3.05) is 0 Å². The molecule has 0 unspecified atom stereocenters. The van der Waals surface area contributed by atoms with Crippen LogP contribution >= 0.6 is 0 Å². The Bertz CT molecular complexity index is 278. The van der Waals surface area contributed by atoms with Crippen molar-refractivity contribution in [3.63, 3.8) is 0 Å². The molecule has 4 nitrogen and oxygen atoms in total. The number of carbonyl (C=O) groups is 1. The Kier molecular flexibility index (Phi) is 2.47. The molecule has 0 atom stereocenters. The lowest BCUT2D eigenvalue weighted by Crippen LogP contribution is -2.30. The quantitative estimate of drug-likeness (QED) is 0.714. The molecule has 1 N–H and O–H groups in total. The van der Waals surface area contributed by atoms with Gasteiger partial charge in [0.25, 0.3) is 5.91 Å². The Morgan fingerprint density at radius 3 is 2.83 bits per heavy atom. The molecule has 0 aliphatic rings. The smallest absolute Gasteiger partial charge is 0.273 e. The summed E-state index contributed by atoms with van der Waals surface area (Å²) in [6.45, 7) is 7.20. The minimum atomic E-state index is -0.233. The van der Waals surface area contributed by atoms with Gasteiger partial charge in [-0.3, -0.25) is 4.79 Å². The van der Waals surface area contributed by atoms with Crippen LogP contribution in [-0.4, -0.2) is 16.9 Å². The summed E-state index contributed by atoms with van der Waals surface area (Å²) in [7, 11) is 0. The van der Waals surface area contributed by atoms with E-state index in [0.29, 0.717) is 0 Å². The lowest BCUT2D eigenvalue weighted by molar-refractivity contribution is 0.0938. The molecule has 0 saturated heterocycles. The number of amides is 1. The molecule has 1 heterocycles. The van der Waals surface area contributed by atoms with Gasteiger partial charge < -0.3 is 9.73 Å². The van der Waals surface area contributed by atoms with Gasteiger partial charge in [0, 0.05) is 13.0 Å². The average molecular weight is 167 g/mol. The third-order valence-electron chi connectivity index (χ3n) is 1.20. The fourth-order valence-corrected chi connectivity index (χ4v) is 0.751. The van der Waals surface area contributed by atoms with Crippen LogP contribution < -0.4 is 5.32 Å². The molecular formula is C8H11N2O2. The van der Waals surface area contributed by atoms with Crippen molar-refractivity contribution in [2.24, 2.45) is 0 Å². The van der Waals surface area contributed by atoms with Gasteiger partial charge in [-0.1, -0.05) is 0 Å². The summed E-state index contributed by atoms with van der Waals surface area (Å²) in [6.07, 6.45) is 1.29. The Labute approximate surface area is 71.0 Å². The van der Waals surface area contributed by atoms with Gasteiger partial charge in [-0.05, 0) is 13.8 Å². The molecule has 0 saturated carbocycles. The first-order valence-corrected chi connectivity index (χ1v) is 3.68. The lowest BCUT2D eigenvalue weighted by atomic mass is 10.3. The number of oxazole rings is 1. The number of hydrogen-bond acceptors (Lipinski definition) is 3. The Morgan fingerprint density at radius 2 is 2.42 bits per heavy atom. The van der Waals surface area contributed by atoms with E-state index in [0.717, 1.165) is 0 Å². The highest BCUT2D eigenvalue weighted by Crippen LogP contribution is 1.99.